The molecule has 0 bridgehead atoms. The van der Waals surface area contributed by atoms with E-state index in [-0.39, 0.29) is 30.0 Å². The predicted octanol–water partition coefficient (Wildman–Crippen LogP) is 4.69. The molecule has 1 amide bonds. The van der Waals surface area contributed by atoms with Crippen LogP contribution in [0.4, 0.5) is 0 Å². The molecule has 1 fully saturated rings. The third kappa shape index (κ3) is 5.00. The van der Waals surface area contributed by atoms with E-state index in [0.29, 0.717) is 11.4 Å². The van der Waals surface area contributed by atoms with Gasteiger partial charge in [-0.2, -0.15) is 0 Å². The summed E-state index contributed by atoms with van der Waals surface area (Å²) in [6.07, 6.45) is 0.439. The number of carbonyl (C=O) groups is 1. The zero-order chi connectivity index (χ0) is 21.8. The van der Waals surface area contributed by atoms with E-state index in [4.69, 9.17) is 11.6 Å². The number of halogens is 1. The van der Waals surface area contributed by atoms with Crippen molar-refractivity contribution in [3.8, 4) is 0 Å². The van der Waals surface area contributed by atoms with Crippen LogP contribution in [0.15, 0.2) is 84.9 Å². The van der Waals surface area contributed by atoms with Crippen LogP contribution >= 0.6 is 11.6 Å². The Morgan fingerprint density at radius 3 is 1.97 bits per heavy atom. The molecule has 0 N–H and O–H groups in total. The van der Waals surface area contributed by atoms with Crippen LogP contribution in [0.2, 0.25) is 5.02 Å². The van der Waals surface area contributed by atoms with E-state index >= 15 is 0 Å². The van der Waals surface area contributed by atoms with E-state index in [0.717, 1.165) is 16.7 Å². The minimum Gasteiger partial charge on any atom is -0.333 e. The topological polar surface area (TPSA) is 54.5 Å². The number of hydrogen-bond donors (Lipinski definition) is 0. The molecular formula is C25H24ClNO3S. The number of hydrogen-bond acceptors (Lipinski definition) is 3. The Kier molecular flexibility index (Phi) is 6.44. The van der Waals surface area contributed by atoms with Crippen molar-refractivity contribution in [2.45, 2.75) is 24.9 Å². The normalized spacial score (nSPS) is 17.5. The maximum Gasteiger partial charge on any atom is 0.235 e. The second kappa shape index (κ2) is 9.25. The molecule has 3 aromatic rings. The van der Waals surface area contributed by atoms with Gasteiger partial charge in [0.2, 0.25) is 5.91 Å². The van der Waals surface area contributed by atoms with Crippen molar-refractivity contribution >= 4 is 27.3 Å². The molecule has 1 atom stereocenters. The van der Waals surface area contributed by atoms with Crippen LogP contribution in [0.3, 0.4) is 0 Å². The molecule has 0 saturated carbocycles. The van der Waals surface area contributed by atoms with E-state index in [2.05, 4.69) is 0 Å². The average molecular weight is 454 g/mol. The molecule has 1 aliphatic heterocycles. The predicted molar refractivity (Wildman–Crippen MR) is 124 cm³/mol. The van der Waals surface area contributed by atoms with Crippen molar-refractivity contribution < 1.29 is 13.2 Å². The summed E-state index contributed by atoms with van der Waals surface area (Å²) in [7, 11) is -3.16. The van der Waals surface area contributed by atoms with Gasteiger partial charge in [0.1, 0.15) is 0 Å². The standard InChI is InChI=1S/C25H24ClNO3S/c26-23-14-8-7-13-21(23)17-27(22-15-16-31(29,30)18-22)25(28)24(19-9-3-1-4-10-19)20-11-5-2-6-12-20/h1-14,22,24H,15-18H2. The summed E-state index contributed by atoms with van der Waals surface area (Å²) in [6, 6.07) is 26.3. The Morgan fingerprint density at radius 1 is 0.903 bits per heavy atom. The summed E-state index contributed by atoms with van der Waals surface area (Å²) in [5.74, 6) is -0.544. The first kappa shape index (κ1) is 21.6. The Hall–Kier alpha value is -2.63. The van der Waals surface area contributed by atoms with Crippen molar-refractivity contribution in [2.24, 2.45) is 0 Å². The molecule has 160 valence electrons. The fraction of sp³-hybridized carbons (Fsp3) is 0.240. The van der Waals surface area contributed by atoms with Crippen LogP contribution in [0.1, 0.15) is 29.0 Å². The van der Waals surface area contributed by atoms with Crippen LogP contribution in [0.25, 0.3) is 0 Å². The van der Waals surface area contributed by atoms with Gasteiger partial charge < -0.3 is 4.90 Å². The molecule has 1 aliphatic rings. The molecule has 4 rings (SSSR count). The van der Waals surface area contributed by atoms with Crippen molar-refractivity contribution in [2.75, 3.05) is 11.5 Å². The lowest BCUT2D eigenvalue weighted by atomic mass is 9.89. The van der Waals surface area contributed by atoms with Crippen LogP contribution in [-0.4, -0.2) is 36.8 Å². The monoisotopic (exact) mass is 453 g/mol. The first-order valence-corrected chi connectivity index (χ1v) is 12.5. The van der Waals surface area contributed by atoms with E-state index in [1.54, 1.807) is 11.0 Å². The average Bonchev–Trinajstić information content (AvgIpc) is 3.14. The van der Waals surface area contributed by atoms with Gasteiger partial charge in [0.15, 0.2) is 9.84 Å². The highest BCUT2D eigenvalue weighted by atomic mass is 35.5. The van der Waals surface area contributed by atoms with Crippen molar-refractivity contribution in [3.05, 3.63) is 107 Å². The number of nitrogens with zero attached hydrogens (tertiary/aromatic N) is 1. The summed E-state index contributed by atoms with van der Waals surface area (Å²) in [4.78, 5) is 15.8. The van der Waals surface area contributed by atoms with Crippen molar-refractivity contribution in [3.63, 3.8) is 0 Å². The highest BCUT2D eigenvalue weighted by Crippen LogP contribution is 2.31. The van der Waals surface area contributed by atoms with Gasteiger partial charge in [-0.25, -0.2) is 8.42 Å². The molecule has 1 saturated heterocycles. The largest absolute Gasteiger partial charge is 0.333 e. The number of carbonyl (C=O) groups excluding carboxylic acids is 1. The zero-order valence-corrected chi connectivity index (χ0v) is 18.6. The van der Waals surface area contributed by atoms with Gasteiger partial charge in [-0.3, -0.25) is 4.79 Å². The lowest BCUT2D eigenvalue weighted by Gasteiger charge is -2.32. The van der Waals surface area contributed by atoms with Gasteiger partial charge in [0.25, 0.3) is 0 Å². The summed E-state index contributed by atoms with van der Waals surface area (Å²) >= 11 is 6.39. The smallest absolute Gasteiger partial charge is 0.235 e. The van der Waals surface area contributed by atoms with E-state index in [1.807, 2.05) is 78.9 Å². The summed E-state index contributed by atoms with van der Waals surface area (Å²) < 4.78 is 24.5. The highest BCUT2D eigenvalue weighted by molar-refractivity contribution is 7.91. The summed E-state index contributed by atoms with van der Waals surface area (Å²) in [5.41, 5.74) is 2.56. The third-order valence-electron chi connectivity index (χ3n) is 5.74. The van der Waals surface area contributed by atoms with Gasteiger partial charge in [-0.05, 0) is 29.2 Å². The minimum atomic E-state index is -3.16. The fourth-order valence-corrected chi connectivity index (χ4v) is 6.08. The number of amides is 1. The molecule has 0 aromatic heterocycles. The second-order valence-electron chi connectivity index (χ2n) is 7.87. The molecule has 1 unspecified atom stereocenters. The third-order valence-corrected chi connectivity index (χ3v) is 7.86. The van der Waals surface area contributed by atoms with Gasteiger partial charge in [0, 0.05) is 17.6 Å². The fourth-order valence-electron chi connectivity index (χ4n) is 4.15. The Labute approximate surface area is 188 Å². The number of sulfone groups is 1. The maximum atomic E-state index is 14.0. The van der Waals surface area contributed by atoms with Crippen molar-refractivity contribution in [1.82, 2.24) is 4.90 Å². The van der Waals surface area contributed by atoms with Crippen LogP contribution in [-0.2, 0) is 21.2 Å². The Bertz CT molecular complexity index is 1110. The van der Waals surface area contributed by atoms with E-state index < -0.39 is 15.8 Å². The minimum absolute atomic E-state index is 0.0144. The van der Waals surface area contributed by atoms with Gasteiger partial charge in [-0.15, -0.1) is 0 Å². The quantitative estimate of drug-likeness (QED) is 0.544. The Balaban J connectivity index is 1.76. The van der Waals surface area contributed by atoms with Gasteiger partial charge in [0.05, 0.1) is 17.4 Å². The van der Waals surface area contributed by atoms with Crippen LogP contribution < -0.4 is 0 Å². The summed E-state index contributed by atoms with van der Waals surface area (Å²) in [6.45, 7) is 0.273. The summed E-state index contributed by atoms with van der Waals surface area (Å²) in [5, 5.41) is 0.567. The van der Waals surface area contributed by atoms with Gasteiger partial charge in [-0.1, -0.05) is 90.5 Å². The maximum absolute atomic E-state index is 14.0. The molecule has 3 aromatic carbocycles. The number of rotatable bonds is 6. The molecule has 4 nitrogen and oxygen atoms in total. The first-order valence-electron chi connectivity index (χ1n) is 10.3. The van der Waals surface area contributed by atoms with Crippen LogP contribution in [0, 0.1) is 0 Å². The molecule has 0 aliphatic carbocycles. The molecule has 6 heteroatoms. The number of benzene rings is 3. The highest BCUT2D eigenvalue weighted by Gasteiger charge is 2.38. The SMILES string of the molecule is O=C(C(c1ccccc1)c1ccccc1)N(Cc1ccccc1Cl)C1CCS(=O)(=O)C1. The van der Waals surface area contributed by atoms with E-state index in [1.165, 1.54) is 0 Å². The molecule has 0 radical (unpaired) electrons. The lowest BCUT2D eigenvalue weighted by molar-refractivity contribution is -0.134. The lowest BCUT2D eigenvalue weighted by Crippen LogP contribution is -2.43. The van der Waals surface area contributed by atoms with Crippen LogP contribution in [0.5, 0.6) is 0 Å². The molecule has 31 heavy (non-hydrogen) atoms. The van der Waals surface area contributed by atoms with Gasteiger partial charge >= 0.3 is 0 Å². The van der Waals surface area contributed by atoms with E-state index in [9.17, 15) is 13.2 Å². The molecule has 0 spiro atoms. The zero-order valence-electron chi connectivity index (χ0n) is 17.0. The first-order chi connectivity index (χ1) is 14.9. The van der Waals surface area contributed by atoms with Crippen molar-refractivity contribution in [1.29, 1.82) is 0 Å². The second-order valence-corrected chi connectivity index (χ2v) is 10.5. The molecule has 1 heterocycles. The molecular weight excluding hydrogens is 430 g/mol. The Morgan fingerprint density at radius 2 is 1.45 bits per heavy atom.